The zero-order valence-corrected chi connectivity index (χ0v) is 9.10. The Bertz CT molecular complexity index is 411. The van der Waals surface area contributed by atoms with Gasteiger partial charge in [-0.05, 0) is 19.3 Å². The average Bonchev–Trinajstić information content (AvgIpc) is 2.72. The number of hydrogen-bond acceptors (Lipinski definition) is 4. The fourth-order valence-corrected chi connectivity index (χ4v) is 1.68. The molecule has 0 unspecified atom stereocenters. The molecule has 2 rings (SSSR count). The van der Waals surface area contributed by atoms with E-state index in [4.69, 9.17) is 9.63 Å². The fraction of sp³-hybridized carbons (Fsp3) is 0.500. The van der Waals surface area contributed by atoms with E-state index in [0.717, 1.165) is 6.42 Å². The molecule has 0 bridgehead atoms. The van der Waals surface area contributed by atoms with E-state index in [1.807, 2.05) is 0 Å². The highest BCUT2D eigenvalue weighted by Crippen LogP contribution is 2.31. The third-order valence-electron chi connectivity index (χ3n) is 2.88. The summed E-state index contributed by atoms with van der Waals surface area (Å²) in [7, 11) is 0. The van der Waals surface area contributed by atoms with Crippen molar-refractivity contribution in [1.29, 1.82) is 0 Å². The number of hydrogen-bond donors (Lipinski definition) is 3. The third kappa shape index (κ3) is 2.38. The lowest BCUT2D eigenvalue weighted by atomic mass is 9.77. The topological polar surface area (TPSA) is 104 Å². The second kappa shape index (κ2) is 4.44. The maximum atomic E-state index is 11.5. The van der Waals surface area contributed by atoms with Gasteiger partial charge < -0.3 is 20.3 Å². The molecule has 7 nitrogen and oxygen atoms in total. The van der Waals surface area contributed by atoms with Gasteiger partial charge in [0, 0.05) is 6.07 Å². The fourth-order valence-electron chi connectivity index (χ4n) is 1.68. The van der Waals surface area contributed by atoms with E-state index in [-0.39, 0.29) is 6.54 Å². The largest absolute Gasteiger partial charge is 0.480 e. The highest BCUT2D eigenvalue weighted by Gasteiger charge is 2.45. The minimum atomic E-state index is -1.09. The van der Waals surface area contributed by atoms with E-state index >= 15 is 0 Å². The Morgan fingerprint density at radius 2 is 2.29 bits per heavy atom. The van der Waals surface area contributed by atoms with E-state index in [2.05, 4.69) is 15.8 Å². The van der Waals surface area contributed by atoms with Gasteiger partial charge in [-0.1, -0.05) is 5.16 Å². The highest BCUT2D eigenvalue weighted by molar-refractivity contribution is 5.87. The second-order valence-electron chi connectivity index (χ2n) is 4.03. The molecule has 2 amide bonds. The van der Waals surface area contributed by atoms with Gasteiger partial charge in [-0.2, -0.15) is 0 Å². The van der Waals surface area contributed by atoms with Gasteiger partial charge in [0.05, 0.1) is 12.7 Å². The monoisotopic (exact) mass is 239 g/mol. The maximum absolute atomic E-state index is 11.5. The zero-order valence-electron chi connectivity index (χ0n) is 9.10. The second-order valence-corrected chi connectivity index (χ2v) is 4.03. The van der Waals surface area contributed by atoms with Gasteiger partial charge in [0.25, 0.3) is 0 Å². The van der Waals surface area contributed by atoms with E-state index in [0.29, 0.717) is 18.6 Å². The number of aliphatic carboxylic acids is 1. The zero-order chi connectivity index (χ0) is 12.3. The summed E-state index contributed by atoms with van der Waals surface area (Å²) >= 11 is 0. The number of nitrogens with zero attached hydrogens (tertiary/aromatic N) is 1. The molecule has 0 radical (unpaired) electrons. The number of carbonyl (C=O) groups is 2. The van der Waals surface area contributed by atoms with Gasteiger partial charge in [0.1, 0.15) is 5.54 Å². The molecule has 1 aliphatic rings. The first-order chi connectivity index (χ1) is 8.12. The molecule has 17 heavy (non-hydrogen) atoms. The standard InChI is InChI=1S/C10H13N3O4/c14-8(15)10(3-1-4-10)13-9(16)11-6-7-2-5-12-17-7/h2,5H,1,3-4,6H2,(H,14,15)(H2,11,13,16). The number of urea groups is 1. The van der Waals surface area contributed by atoms with Crippen LogP contribution in [0.15, 0.2) is 16.8 Å². The van der Waals surface area contributed by atoms with Gasteiger partial charge in [-0.25, -0.2) is 9.59 Å². The Morgan fingerprint density at radius 1 is 1.53 bits per heavy atom. The number of rotatable bonds is 4. The Kier molecular flexibility index (Phi) is 2.99. The van der Waals surface area contributed by atoms with Crippen LogP contribution >= 0.6 is 0 Å². The molecule has 1 aromatic rings. The summed E-state index contributed by atoms with van der Waals surface area (Å²) in [5.41, 5.74) is -1.09. The first kappa shape index (κ1) is 11.4. The number of aromatic nitrogens is 1. The van der Waals surface area contributed by atoms with Crippen molar-refractivity contribution in [3.05, 3.63) is 18.0 Å². The SMILES string of the molecule is O=C(NCc1ccno1)NC1(C(=O)O)CCC1. The minimum Gasteiger partial charge on any atom is -0.480 e. The van der Waals surface area contributed by atoms with Gasteiger partial charge in [0.2, 0.25) is 0 Å². The quantitative estimate of drug-likeness (QED) is 0.708. The lowest BCUT2D eigenvalue weighted by Crippen LogP contribution is -2.61. The predicted molar refractivity (Wildman–Crippen MR) is 56.1 cm³/mol. The normalized spacial score (nSPS) is 16.9. The lowest BCUT2D eigenvalue weighted by molar-refractivity contribution is -0.148. The van der Waals surface area contributed by atoms with Gasteiger partial charge >= 0.3 is 12.0 Å². The van der Waals surface area contributed by atoms with Gasteiger partial charge in [-0.15, -0.1) is 0 Å². The Morgan fingerprint density at radius 3 is 2.76 bits per heavy atom. The number of nitrogens with one attached hydrogen (secondary N) is 2. The smallest absolute Gasteiger partial charge is 0.329 e. The summed E-state index contributed by atoms with van der Waals surface area (Å²) < 4.78 is 4.79. The van der Waals surface area contributed by atoms with Crippen molar-refractivity contribution in [3.8, 4) is 0 Å². The summed E-state index contributed by atoms with van der Waals surface area (Å²) in [5.74, 6) is -0.475. The number of carboxylic acid groups (broad SMARTS) is 1. The molecule has 0 saturated heterocycles. The highest BCUT2D eigenvalue weighted by atomic mass is 16.5. The first-order valence-electron chi connectivity index (χ1n) is 5.31. The maximum Gasteiger partial charge on any atom is 0.329 e. The molecule has 1 saturated carbocycles. The first-order valence-corrected chi connectivity index (χ1v) is 5.31. The molecule has 0 aliphatic heterocycles. The Hall–Kier alpha value is -2.05. The van der Waals surface area contributed by atoms with E-state index in [1.54, 1.807) is 6.07 Å². The number of carboxylic acids is 1. The van der Waals surface area contributed by atoms with Crippen LogP contribution in [0, 0.1) is 0 Å². The number of amides is 2. The van der Waals surface area contributed by atoms with E-state index < -0.39 is 17.5 Å². The molecule has 3 N–H and O–H groups in total. The summed E-state index contributed by atoms with van der Waals surface area (Å²) in [6.45, 7) is 0.182. The summed E-state index contributed by atoms with van der Waals surface area (Å²) in [6.07, 6.45) is 3.23. The van der Waals surface area contributed by atoms with Crippen LogP contribution in [0.25, 0.3) is 0 Å². The van der Waals surface area contributed by atoms with Crippen LogP contribution in [0.1, 0.15) is 25.0 Å². The molecular weight excluding hydrogens is 226 g/mol. The Labute approximate surface area is 97.2 Å². The van der Waals surface area contributed by atoms with Crippen molar-refractivity contribution in [2.75, 3.05) is 0 Å². The summed E-state index contributed by atoms with van der Waals surface area (Å²) in [4.78, 5) is 22.5. The van der Waals surface area contributed by atoms with Crippen molar-refractivity contribution in [1.82, 2.24) is 15.8 Å². The molecule has 92 valence electrons. The molecule has 0 spiro atoms. The van der Waals surface area contributed by atoms with Crippen LogP contribution < -0.4 is 10.6 Å². The van der Waals surface area contributed by atoms with Crippen molar-refractivity contribution in [2.45, 2.75) is 31.3 Å². The molecular formula is C10H13N3O4. The molecule has 1 heterocycles. The molecule has 0 atom stereocenters. The molecule has 1 fully saturated rings. The van der Waals surface area contributed by atoms with Crippen molar-refractivity contribution >= 4 is 12.0 Å². The van der Waals surface area contributed by atoms with Crippen molar-refractivity contribution in [2.24, 2.45) is 0 Å². The van der Waals surface area contributed by atoms with Gasteiger partial charge in [-0.3, -0.25) is 0 Å². The Balaban J connectivity index is 1.83. The van der Waals surface area contributed by atoms with Crippen LogP contribution in [0.4, 0.5) is 4.79 Å². The van der Waals surface area contributed by atoms with E-state index in [9.17, 15) is 9.59 Å². The van der Waals surface area contributed by atoms with E-state index in [1.165, 1.54) is 6.20 Å². The molecule has 7 heteroatoms. The van der Waals surface area contributed by atoms with Crippen LogP contribution in [-0.4, -0.2) is 27.8 Å². The van der Waals surface area contributed by atoms with Crippen LogP contribution in [0.2, 0.25) is 0 Å². The minimum absolute atomic E-state index is 0.182. The van der Waals surface area contributed by atoms with Crippen molar-refractivity contribution in [3.63, 3.8) is 0 Å². The summed E-state index contributed by atoms with van der Waals surface area (Å²) in [6, 6.07) is 1.11. The summed E-state index contributed by atoms with van der Waals surface area (Å²) in [5, 5.41) is 17.5. The van der Waals surface area contributed by atoms with Crippen molar-refractivity contribution < 1.29 is 19.2 Å². The van der Waals surface area contributed by atoms with Gasteiger partial charge in [0.15, 0.2) is 5.76 Å². The number of carbonyl (C=O) groups excluding carboxylic acids is 1. The lowest BCUT2D eigenvalue weighted by Gasteiger charge is -2.38. The van der Waals surface area contributed by atoms with Crippen LogP contribution in [0.3, 0.4) is 0 Å². The average molecular weight is 239 g/mol. The van der Waals surface area contributed by atoms with Crippen LogP contribution in [0.5, 0.6) is 0 Å². The molecule has 1 aromatic heterocycles. The predicted octanol–water partition coefficient (Wildman–Crippen LogP) is 0.481. The van der Waals surface area contributed by atoms with Crippen LogP contribution in [-0.2, 0) is 11.3 Å². The third-order valence-corrected chi connectivity index (χ3v) is 2.88. The molecule has 0 aromatic carbocycles. The molecule has 1 aliphatic carbocycles.